The van der Waals surface area contributed by atoms with Gasteiger partial charge in [-0.3, -0.25) is 9.59 Å². The average Bonchev–Trinajstić information content (AvgIpc) is 3.04. The number of carbonyl (C=O) groups excluding carboxylic acids is 1. The SMILES string of the molecule is CCOC(=O)Cn1nc(-c2ncc[nH]2)c2ccccc2c1=O. The second-order valence-corrected chi connectivity index (χ2v) is 4.60. The van der Waals surface area contributed by atoms with Crippen LogP contribution in [-0.2, 0) is 16.1 Å². The lowest BCUT2D eigenvalue weighted by molar-refractivity contribution is -0.144. The van der Waals surface area contributed by atoms with Gasteiger partial charge in [-0.1, -0.05) is 18.2 Å². The average molecular weight is 298 g/mol. The molecule has 1 aromatic carbocycles. The normalized spacial score (nSPS) is 10.8. The van der Waals surface area contributed by atoms with Gasteiger partial charge in [-0.25, -0.2) is 9.67 Å². The van der Waals surface area contributed by atoms with Crippen LogP contribution in [0.15, 0.2) is 41.5 Å². The molecule has 0 aliphatic heterocycles. The molecule has 0 atom stereocenters. The third kappa shape index (κ3) is 2.48. The van der Waals surface area contributed by atoms with Gasteiger partial charge in [0.2, 0.25) is 0 Å². The number of esters is 1. The number of imidazole rings is 1. The highest BCUT2D eigenvalue weighted by Gasteiger charge is 2.15. The summed E-state index contributed by atoms with van der Waals surface area (Å²) in [7, 11) is 0. The Hall–Kier alpha value is -2.96. The third-order valence-corrected chi connectivity index (χ3v) is 3.17. The Bertz CT molecular complexity index is 868. The summed E-state index contributed by atoms with van der Waals surface area (Å²) in [4.78, 5) is 31.2. The number of nitrogens with one attached hydrogen (secondary N) is 1. The summed E-state index contributed by atoms with van der Waals surface area (Å²) in [5.74, 6) is 0.0339. The summed E-state index contributed by atoms with van der Waals surface area (Å²) in [5.41, 5.74) is 0.184. The van der Waals surface area contributed by atoms with Crippen LogP contribution in [0.1, 0.15) is 6.92 Å². The molecule has 1 N–H and O–H groups in total. The first-order valence-corrected chi connectivity index (χ1v) is 6.86. The molecule has 112 valence electrons. The highest BCUT2D eigenvalue weighted by atomic mass is 16.5. The van der Waals surface area contributed by atoms with E-state index in [1.807, 2.05) is 6.07 Å². The van der Waals surface area contributed by atoms with Gasteiger partial charge in [0, 0.05) is 17.8 Å². The molecule has 7 heteroatoms. The Morgan fingerprint density at radius 2 is 2.09 bits per heavy atom. The van der Waals surface area contributed by atoms with Crippen molar-refractivity contribution in [3.05, 3.63) is 47.0 Å². The molecule has 7 nitrogen and oxygen atoms in total. The summed E-state index contributed by atoms with van der Waals surface area (Å²) in [6, 6.07) is 7.10. The minimum absolute atomic E-state index is 0.231. The predicted molar refractivity (Wildman–Crippen MR) is 80.2 cm³/mol. The summed E-state index contributed by atoms with van der Waals surface area (Å²) >= 11 is 0. The van der Waals surface area contributed by atoms with Gasteiger partial charge in [0.25, 0.3) is 5.56 Å². The monoisotopic (exact) mass is 298 g/mol. The Balaban J connectivity index is 2.20. The summed E-state index contributed by atoms with van der Waals surface area (Å²) < 4.78 is 5.99. The van der Waals surface area contributed by atoms with Crippen LogP contribution in [0.5, 0.6) is 0 Å². The molecule has 2 aromatic heterocycles. The number of benzene rings is 1. The molecule has 2 heterocycles. The van der Waals surface area contributed by atoms with Gasteiger partial charge in [-0.15, -0.1) is 0 Å². The number of rotatable bonds is 4. The van der Waals surface area contributed by atoms with Crippen LogP contribution in [0, 0.1) is 0 Å². The van der Waals surface area contributed by atoms with E-state index in [1.165, 1.54) is 0 Å². The largest absolute Gasteiger partial charge is 0.465 e. The van der Waals surface area contributed by atoms with Crippen LogP contribution in [0.25, 0.3) is 22.3 Å². The molecule has 22 heavy (non-hydrogen) atoms. The van der Waals surface area contributed by atoms with E-state index in [1.54, 1.807) is 37.5 Å². The van der Waals surface area contributed by atoms with Crippen molar-refractivity contribution in [3.8, 4) is 11.5 Å². The maximum Gasteiger partial charge on any atom is 0.327 e. The van der Waals surface area contributed by atoms with Crippen molar-refractivity contribution in [2.75, 3.05) is 6.61 Å². The fourth-order valence-electron chi connectivity index (χ4n) is 2.24. The van der Waals surface area contributed by atoms with E-state index in [0.29, 0.717) is 22.3 Å². The molecule has 0 bridgehead atoms. The van der Waals surface area contributed by atoms with E-state index >= 15 is 0 Å². The molecule has 0 saturated carbocycles. The van der Waals surface area contributed by atoms with Crippen LogP contribution in [0.2, 0.25) is 0 Å². The molecule has 0 unspecified atom stereocenters. The number of H-pyrrole nitrogens is 1. The van der Waals surface area contributed by atoms with Crippen LogP contribution < -0.4 is 5.56 Å². The summed E-state index contributed by atoms with van der Waals surface area (Å²) in [6.07, 6.45) is 3.28. The van der Waals surface area contributed by atoms with Gasteiger partial charge >= 0.3 is 5.97 Å². The van der Waals surface area contributed by atoms with Gasteiger partial charge in [0.15, 0.2) is 5.82 Å². The van der Waals surface area contributed by atoms with Crippen LogP contribution in [0.4, 0.5) is 0 Å². The van der Waals surface area contributed by atoms with Crippen molar-refractivity contribution in [3.63, 3.8) is 0 Å². The molecular formula is C15H14N4O3. The van der Waals surface area contributed by atoms with Crippen molar-refractivity contribution in [2.45, 2.75) is 13.5 Å². The lowest BCUT2D eigenvalue weighted by atomic mass is 10.1. The van der Waals surface area contributed by atoms with Crippen molar-refractivity contribution in [1.29, 1.82) is 0 Å². The second kappa shape index (κ2) is 5.80. The molecule has 0 saturated heterocycles. The zero-order valence-corrected chi connectivity index (χ0v) is 11.9. The maximum absolute atomic E-state index is 12.5. The van der Waals surface area contributed by atoms with E-state index in [4.69, 9.17) is 4.74 Å². The molecule has 3 aromatic rings. The summed E-state index contributed by atoms with van der Waals surface area (Å²) in [5, 5.41) is 5.44. The number of fused-ring (bicyclic) bond motifs is 1. The summed E-state index contributed by atoms with van der Waals surface area (Å²) in [6.45, 7) is 1.74. The molecule has 0 aliphatic rings. The van der Waals surface area contributed by atoms with E-state index in [0.717, 1.165) is 4.68 Å². The number of hydrogen-bond donors (Lipinski definition) is 1. The fourth-order valence-corrected chi connectivity index (χ4v) is 2.24. The zero-order chi connectivity index (χ0) is 15.5. The molecule has 3 rings (SSSR count). The topological polar surface area (TPSA) is 89.9 Å². The van der Waals surface area contributed by atoms with Crippen molar-refractivity contribution >= 4 is 16.7 Å². The first-order valence-electron chi connectivity index (χ1n) is 6.86. The van der Waals surface area contributed by atoms with Crippen LogP contribution >= 0.6 is 0 Å². The predicted octanol–water partition coefficient (Wildman–Crippen LogP) is 1.35. The van der Waals surface area contributed by atoms with Gasteiger partial charge in [-0.05, 0) is 13.0 Å². The lowest BCUT2D eigenvalue weighted by Gasteiger charge is -2.09. The van der Waals surface area contributed by atoms with Crippen LogP contribution in [-0.4, -0.2) is 32.3 Å². The number of hydrogen-bond acceptors (Lipinski definition) is 5. The minimum atomic E-state index is -0.502. The Morgan fingerprint density at radius 1 is 1.32 bits per heavy atom. The second-order valence-electron chi connectivity index (χ2n) is 4.60. The van der Waals surface area contributed by atoms with Crippen molar-refractivity contribution in [1.82, 2.24) is 19.7 Å². The number of carbonyl (C=O) groups is 1. The fraction of sp³-hybridized carbons (Fsp3) is 0.200. The van der Waals surface area contributed by atoms with Crippen molar-refractivity contribution in [2.24, 2.45) is 0 Å². The van der Waals surface area contributed by atoms with E-state index in [2.05, 4.69) is 15.1 Å². The molecule has 0 amide bonds. The molecular weight excluding hydrogens is 284 g/mol. The Kier molecular flexibility index (Phi) is 3.69. The van der Waals surface area contributed by atoms with Gasteiger partial charge < -0.3 is 9.72 Å². The smallest absolute Gasteiger partial charge is 0.327 e. The van der Waals surface area contributed by atoms with E-state index < -0.39 is 5.97 Å². The third-order valence-electron chi connectivity index (χ3n) is 3.17. The van der Waals surface area contributed by atoms with Crippen LogP contribution in [0.3, 0.4) is 0 Å². The van der Waals surface area contributed by atoms with Crippen molar-refractivity contribution < 1.29 is 9.53 Å². The minimum Gasteiger partial charge on any atom is -0.465 e. The highest BCUT2D eigenvalue weighted by molar-refractivity contribution is 5.92. The van der Waals surface area contributed by atoms with Gasteiger partial charge in [0.05, 0.1) is 12.0 Å². The lowest BCUT2D eigenvalue weighted by Crippen LogP contribution is -2.28. The molecule has 0 spiro atoms. The number of ether oxygens (including phenoxy) is 1. The molecule has 0 fully saturated rings. The van der Waals surface area contributed by atoms with E-state index in [-0.39, 0.29) is 18.7 Å². The first kappa shape index (κ1) is 14.0. The maximum atomic E-state index is 12.5. The zero-order valence-electron chi connectivity index (χ0n) is 11.9. The molecule has 0 radical (unpaired) electrons. The first-order chi connectivity index (χ1) is 10.7. The van der Waals surface area contributed by atoms with E-state index in [9.17, 15) is 9.59 Å². The Labute approximate surface area is 125 Å². The number of aromatic nitrogens is 4. The van der Waals surface area contributed by atoms with Gasteiger partial charge in [0.1, 0.15) is 12.2 Å². The van der Waals surface area contributed by atoms with Gasteiger partial charge in [-0.2, -0.15) is 5.10 Å². The molecule has 0 aliphatic carbocycles. The number of nitrogens with zero attached hydrogens (tertiary/aromatic N) is 3. The highest BCUT2D eigenvalue weighted by Crippen LogP contribution is 2.21. The quantitative estimate of drug-likeness (QED) is 0.734. The standard InChI is InChI=1S/C15H14N4O3/c1-2-22-12(20)9-19-15(21)11-6-4-3-5-10(11)13(18-19)14-16-7-8-17-14/h3-8H,2,9H2,1H3,(H,16,17). The number of aromatic amines is 1. The Morgan fingerprint density at radius 3 is 2.77 bits per heavy atom.